The molecule has 8 heteroatoms. The Hall–Kier alpha value is -3.68. The fraction of sp³-hybridized carbons (Fsp3) is 0.158. The molecule has 1 aliphatic heterocycles. The van der Waals surface area contributed by atoms with Crippen molar-refractivity contribution in [2.24, 2.45) is 0 Å². The highest BCUT2D eigenvalue weighted by atomic mass is 16.5. The number of fused-ring (bicyclic) bond motifs is 1. The van der Waals surface area contributed by atoms with Gasteiger partial charge < -0.3 is 15.4 Å². The van der Waals surface area contributed by atoms with Crippen LogP contribution >= 0.6 is 0 Å². The SMILES string of the molecule is CC1Oc2ccc(NC(=O)c3cn(Cc4ccccc4)nn3)cc2NC1=O. The average Bonchev–Trinajstić information content (AvgIpc) is 3.12. The van der Waals surface area contributed by atoms with Gasteiger partial charge in [0, 0.05) is 5.69 Å². The normalized spacial score (nSPS) is 15.4. The summed E-state index contributed by atoms with van der Waals surface area (Å²) in [4.78, 5) is 24.1. The fourth-order valence-corrected chi connectivity index (χ4v) is 2.73. The van der Waals surface area contributed by atoms with Crippen LogP contribution in [0.4, 0.5) is 11.4 Å². The number of hydrogen-bond acceptors (Lipinski definition) is 5. The number of nitrogens with zero attached hydrogens (tertiary/aromatic N) is 3. The fourth-order valence-electron chi connectivity index (χ4n) is 2.73. The lowest BCUT2D eigenvalue weighted by Crippen LogP contribution is -2.34. The van der Waals surface area contributed by atoms with Gasteiger partial charge in [-0.15, -0.1) is 5.10 Å². The van der Waals surface area contributed by atoms with Crippen LogP contribution in [0.25, 0.3) is 0 Å². The molecule has 0 spiro atoms. The van der Waals surface area contributed by atoms with Crippen molar-refractivity contribution in [2.75, 3.05) is 10.6 Å². The van der Waals surface area contributed by atoms with E-state index in [9.17, 15) is 9.59 Å². The Bertz CT molecular complexity index is 1000. The third-order valence-electron chi connectivity index (χ3n) is 4.13. The van der Waals surface area contributed by atoms with Gasteiger partial charge in [0.1, 0.15) is 5.75 Å². The summed E-state index contributed by atoms with van der Waals surface area (Å²) in [6.45, 7) is 2.20. The van der Waals surface area contributed by atoms with E-state index in [-0.39, 0.29) is 17.5 Å². The van der Waals surface area contributed by atoms with Crippen LogP contribution in [0.3, 0.4) is 0 Å². The van der Waals surface area contributed by atoms with Gasteiger partial charge in [0.15, 0.2) is 11.8 Å². The molecule has 27 heavy (non-hydrogen) atoms. The summed E-state index contributed by atoms with van der Waals surface area (Å²) in [5, 5.41) is 13.4. The zero-order valence-corrected chi connectivity index (χ0v) is 14.5. The van der Waals surface area contributed by atoms with E-state index >= 15 is 0 Å². The molecule has 0 bridgehead atoms. The summed E-state index contributed by atoms with van der Waals surface area (Å²) in [6, 6.07) is 14.8. The molecule has 2 aromatic carbocycles. The Morgan fingerprint density at radius 2 is 2.07 bits per heavy atom. The van der Waals surface area contributed by atoms with Gasteiger partial charge in [-0.1, -0.05) is 35.5 Å². The van der Waals surface area contributed by atoms with Crippen LogP contribution in [0, 0.1) is 0 Å². The van der Waals surface area contributed by atoms with Crippen molar-refractivity contribution in [1.82, 2.24) is 15.0 Å². The van der Waals surface area contributed by atoms with Gasteiger partial charge in [-0.3, -0.25) is 9.59 Å². The zero-order valence-electron chi connectivity index (χ0n) is 14.5. The molecule has 1 unspecified atom stereocenters. The topological polar surface area (TPSA) is 98.1 Å². The second-order valence-corrected chi connectivity index (χ2v) is 6.20. The summed E-state index contributed by atoms with van der Waals surface area (Å²) in [5.41, 5.74) is 2.31. The Balaban J connectivity index is 1.45. The van der Waals surface area contributed by atoms with Crippen molar-refractivity contribution in [3.05, 3.63) is 66.0 Å². The first-order valence-electron chi connectivity index (χ1n) is 8.45. The standard InChI is InChI=1S/C19H17N5O3/c1-12-18(25)21-15-9-14(7-8-17(15)27-12)20-19(26)16-11-24(23-22-16)10-13-5-3-2-4-6-13/h2-9,11-12H,10H2,1H3,(H,20,26)(H,21,25). The lowest BCUT2D eigenvalue weighted by Gasteiger charge is -2.23. The maximum Gasteiger partial charge on any atom is 0.277 e. The Morgan fingerprint density at radius 1 is 1.26 bits per heavy atom. The summed E-state index contributed by atoms with van der Waals surface area (Å²) in [7, 11) is 0. The maximum absolute atomic E-state index is 12.4. The monoisotopic (exact) mass is 363 g/mol. The molecule has 3 aromatic rings. The highest BCUT2D eigenvalue weighted by molar-refractivity contribution is 6.04. The molecule has 0 saturated carbocycles. The molecule has 0 saturated heterocycles. The van der Waals surface area contributed by atoms with Crippen molar-refractivity contribution >= 4 is 23.2 Å². The van der Waals surface area contributed by atoms with Gasteiger partial charge in [-0.05, 0) is 30.7 Å². The molecule has 0 fully saturated rings. The number of carbonyl (C=O) groups is 2. The first-order chi connectivity index (χ1) is 13.1. The van der Waals surface area contributed by atoms with E-state index < -0.39 is 6.10 Å². The molecule has 136 valence electrons. The minimum Gasteiger partial charge on any atom is -0.479 e. The Kier molecular flexibility index (Phi) is 4.29. The number of nitrogens with one attached hydrogen (secondary N) is 2. The van der Waals surface area contributed by atoms with Gasteiger partial charge in [-0.2, -0.15) is 0 Å². The van der Waals surface area contributed by atoms with E-state index in [4.69, 9.17) is 4.74 Å². The van der Waals surface area contributed by atoms with Crippen LogP contribution < -0.4 is 15.4 Å². The van der Waals surface area contributed by atoms with Crippen molar-refractivity contribution in [3.8, 4) is 5.75 Å². The third kappa shape index (κ3) is 3.64. The highest BCUT2D eigenvalue weighted by Gasteiger charge is 2.23. The largest absolute Gasteiger partial charge is 0.479 e. The van der Waals surface area contributed by atoms with Crippen molar-refractivity contribution < 1.29 is 14.3 Å². The second-order valence-electron chi connectivity index (χ2n) is 6.20. The number of amides is 2. The number of aromatic nitrogens is 3. The van der Waals surface area contributed by atoms with Crippen LogP contribution in [0.5, 0.6) is 5.75 Å². The van der Waals surface area contributed by atoms with E-state index in [2.05, 4.69) is 20.9 Å². The van der Waals surface area contributed by atoms with Crippen LogP contribution in [-0.2, 0) is 11.3 Å². The van der Waals surface area contributed by atoms with Gasteiger partial charge >= 0.3 is 0 Å². The Morgan fingerprint density at radius 3 is 2.89 bits per heavy atom. The Labute approximate surface area is 155 Å². The minimum absolute atomic E-state index is 0.206. The third-order valence-corrected chi connectivity index (χ3v) is 4.13. The van der Waals surface area contributed by atoms with Crippen LogP contribution in [-0.4, -0.2) is 32.9 Å². The number of benzene rings is 2. The van der Waals surface area contributed by atoms with Crippen LogP contribution in [0.1, 0.15) is 23.0 Å². The molecular formula is C19H17N5O3. The maximum atomic E-state index is 12.4. The predicted octanol–water partition coefficient (Wildman–Crippen LogP) is 2.30. The van der Waals surface area contributed by atoms with E-state index in [0.717, 1.165) is 5.56 Å². The van der Waals surface area contributed by atoms with E-state index in [1.807, 2.05) is 30.3 Å². The summed E-state index contributed by atoms with van der Waals surface area (Å²) >= 11 is 0. The molecular weight excluding hydrogens is 346 g/mol. The second kappa shape index (κ2) is 6.91. The first kappa shape index (κ1) is 16.8. The number of ether oxygens (including phenoxy) is 1. The minimum atomic E-state index is -0.544. The molecule has 1 atom stereocenters. The first-order valence-corrected chi connectivity index (χ1v) is 8.45. The van der Waals surface area contributed by atoms with E-state index in [1.54, 1.807) is 36.0 Å². The summed E-state index contributed by atoms with van der Waals surface area (Å²) in [5.74, 6) is -0.0468. The predicted molar refractivity (Wildman–Crippen MR) is 98.7 cm³/mol. The average molecular weight is 363 g/mol. The molecule has 4 rings (SSSR count). The van der Waals surface area contributed by atoms with Gasteiger partial charge in [0.2, 0.25) is 0 Å². The summed E-state index contributed by atoms with van der Waals surface area (Å²) < 4.78 is 7.10. The van der Waals surface area contributed by atoms with Crippen molar-refractivity contribution in [3.63, 3.8) is 0 Å². The molecule has 1 aromatic heterocycles. The number of carbonyl (C=O) groups excluding carboxylic acids is 2. The number of hydrogen-bond donors (Lipinski definition) is 2. The number of rotatable bonds is 4. The molecule has 2 amide bonds. The quantitative estimate of drug-likeness (QED) is 0.741. The van der Waals surface area contributed by atoms with Crippen LogP contribution in [0.15, 0.2) is 54.7 Å². The molecule has 2 N–H and O–H groups in total. The smallest absolute Gasteiger partial charge is 0.277 e. The lowest BCUT2D eigenvalue weighted by molar-refractivity contribution is -0.122. The van der Waals surface area contributed by atoms with Gasteiger partial charge in [0.25, 0.3) is 11.8 Å². The molecule has 0 radical (unpaired) electrons. The zero-order chi connectivity index (χ0) is 18.8. The van der Waals surface area contributed by atoms with Crippen LogP contribution in [0.2, 0.25) is 0 Å². The molecule has 2 heterocycles. The highest BCUT2D eigenvalue weighted by Crippen LogP contribution is 2.32. The van der Waals surface area contributed by atoms with Gasteiger partial charge in [-0.25, -0.2) is 4.68 Å². The van der Waals surface area contributed by atoms with Gasteiger partial charge in [0.05, 0.1) is 18.4 Å². The molecule has 0 aliphatic carbocycles. The van der Waals surface area contributed by atoms with E-state index in [1.165, 1.54) is 0 Å². The number of anilines is 2. The van der Waals surface area contributed by atoms with Crippen molar-refractivity contribution in [2.45, 2.75) is 19.6 Å². The van der Waals surface area contributed by atoms with E-state index in [0.29, 0.717) is 23.7 Å². The lowest BCUT2D eigenvalue weighted by atomic mass is 10.2. The molecule has 8 nitrogen and oxygen atoms in total. The summed E-state index contributed by atoms with van der Waals surface area (Å²) in [6.07, 6.45) is 1.05. The molecule has 1 aliphatic rings. The van der Waals surface area contributed by atoms with Crippen molar-refractivity contribution in [1.29, 1.82) is 0 Å².